The molecule has 0 aliphatic heterocycles. The summed E-state index contributed by atoms with van der Waals surface area (Å²) in [6, 6.07) is 8.02. The van der Waals surface area contributed by atoms with Crippen LogP contribution in [-0.2, 0) is 4.74 Å². The van der Waals surface area contributed by atoms with Crippen molar-refractivity contribution in [3.63, 3.8) is 0 Å². The molecule has 1 aromatic carbocycles. The minimum Gasteiger partial charge on any atom is -0.497 e. The van der Waals surface area contributed by atoms with E-state index in [1.165, 1.54) is 4.90 Å². The van der Waals surface area contributed by atoms with Crippen molar-refractivity contribution in [1.82, 2.24) is 0 Å². The number of hydrogen-bond acceptors (Lipinski definition) is 3. The van der Waals surface area contributed by atoms with Crippen LogP contribution in [0.5, 0.6) is 5.75 Å². The number of thioether (sulfide) groups is 1. The molecule has 2 nitrogen and oxygen atoms in total. The van der Waals surface area contributed by atoms with Crippen molar-refractivity contribution in [2.45, 2.75) is 11.2 Å². The van der Waals surface area contributed by atoms with Gasteiger partial charge >= 0.3 is 0 Å². The summed E-state index contributed by atoms with van der Waals surface area (Å²) in [7, 11) is 6.98. The van der Waals surface area contributed by atoms with Crippen molar-refractivity contribution in [2.75, 3.05) is 26.1 Å². The Kier molecular flexibility index (Phi) is 6.36. The highest BCUT2D eigenvalue weighted by Crippen LogP contribution is 2.20. The lowest BCUT2D eigenvalue weighted by Crippen LogP contribution is -1.98. The molecule has 0 atom stereocenters. The molecule has 0 saturated carbocycles. The maximum absolute atomic E-state index is 5.31. The maximum Gasteiger partial charge on any atom is 0.118 e. The predicted octanol–water partition coefficient (Wildman–Crippen LogP) is 2.39. The van der Waals surface area contributed by atoms with Crippen LogP contribution in [0.25, 0.3) is 0 Å². The summed E-state index contributed by atoms with van der Waals surface area (Å²) in [4.78, 5) is 1.23. The van der Waals surface area contributed by atoms with E-state index >= 15 is 0 Å². The number of ether oxygens (including phenoxy) is 2. The first-order valence-electron chi connectivity index (χ1n) is 4.91. The summed E-state index contributed by atoms with van der Waals surface area (Å²) >= 11 is 1.77. The van der Waals surface area contributed by atoms with Gasteiger partial charge in [-0.05, 0) is 24.3 Å². The molecule has 0 aliphatic rings. The number of hydrogen-bond donors (Lipinski definition) is 0. The Morgan fingerprint density at radius 3 is 2.53 bits per heavy atom. The Hall–Kier alpha value is -0.605. The van der Waals surface area contributed by atoms with Crippen LogP contribution in [0.2, 0.25) is 6.32 Å². The van der Waals surface area contributed by atoms with Crippen LogP contribution >= 0.6 is 11.8 Å². The van der Waals surface area contributed by atoms with Crippen molar-refractivity contribution in [2.24, 2.45) is 0 Å². The van der Waals surface area contributed by atoms with Gasteiger partial charge in [0, 0.05) is 17.3 Å². The van der Waals surface area contributed by atoms with Crippen molar-refractivity contribution < 1.29 is 9.47 Å². The standard InChI is InChI=1S/C11H15BO2S/c1-13-10-2-4-11(5-3-10)15-9-8-14-7-6-12/h2-5H,6-9H2,1H3. The first-order chi connectivity index (χ1) is 7.36. The highest BCUT2D eigenvalue weighted by Gasteiger charge is 1.95. The van der Waals surface area contributed by atoms with Gasteiger partial charge in [-0.3, -0.25) is 0 Å². The molecule has 0 N–H and O–H groups in total. The van der Waals surface area contributed by atoms with Gasteiger partial charge in [-0.2, -0.15) is 0 Å². The molecule has 0 spiro atoms. The number of methoxy groups -OCH3 is 1. The van der Waals surface area contributed by atoms with Crippen LogP contribution in [0, 0.1) is 0 Å². The number of benzene rings is 1. The second-order valence-electron chi connectivity index (χ2n) is 2.93. The third-order valence-electron chi connectivity index (χ3n) is 1.82. The molecule has 0 aliphatic carbocycles. The van der Waals surface area contributed by atoms with Gasteiger partial charge in [0.15, 0.2) is 0 Å². The summed E-state index contributed by atoms with van der Waals surface area (Å²) in [6.07, 6.45) is 0.590. The number of rotatable bonds is 7. The zero-order chi connectivity index (χ0) is 10.9. The minimum absolute atomic E-state index is 0.590. The Labute approximate surface area is 96.8 Å². The minimum atomic E-state index is 0.590. The predicted molar refractivity (Wildman–Crippen MR) is 65.1 cm³/mol. The monoisotopic (exact) mass is 222 g/mol. The third kappa shape index (κ3) is 5.14. The molecular weight excluding hydrogens is 207 g/mol. The molecular formula is C11H15BO2S. The SMILES string of the molecule is [B]CCOCCSc1ccc(OC)cc1. The van der Waals surface area contributed by atoms with Crippen LogP contribution in [-0.4, -0.2) is 33.9 Å². The van der Waals surface area contributed by atoms with Crippen LogP contribution in [0.3, 0.4) is 0 Å². The molecule has 15 heavy (non-hydrogen) atoms. The molecule has 1 aromatic rings. The average Bonchev–Trinajstić information content (AvgIpc) is 2.30. The second-order valence-corrected chi connectivity index (χ2v) is 4.09. The van der Waals surface area contributed by atoms with Gasteiger partial charge in [0.25, 0.3) is 0 Å². The quantitative estimate of drug-likeness (QED) is 0.401. The Bertz CT molecular complexity index is 264. The van der Waals surface area contributed by atoms with E-state index in [1.54, 1.807) is 18.9 Å². The average molecular weight is 222 g/mol. The van der Waals surface area contributed by atoms with Crippen LogP contribution < -0.4 is 4.74 Å². The first kappa shape index (κ1) is 12.5. The second kappa shape index (κ2) is 7.66. The summed E-state index contributed by atoms with van der Waals surface area (Å²) in [5, 5.41) is 0. The van der Waals surface area contributed by atoms with E-state index < -0.39 is 0 Å². The van der Waals surface area contributed by atoms with E-state index in [4.69, 9.17) is 17.3 Å². The van der Waals surface area contributed by atoms with Crippen molar-refractivity contribution >= 4 is 19.6 Å². The molecule has 0 amide bonds. The van der Waals surface area contributed by atoms with Crippen molar-refractivity contribution in [3.8, 4) is 5.75 Å². The first-order valence-corrected chi connectivity index (χ1v) is 5.90. The smallest absolute Gasteiger partial charge is 0.118 e. The molecule has 0 aromatic heterocycles. The summed E-state index contributed by atoms with van der Waals surface area (Å²) < 4.78 is 10.4. The van der Waals surface area contributed by atoms with Gasteiger partial charge in [0.05, 0.1) is 21.6 Å². The van der Waals surface area contributed by atoms with Gasteiger partial charge in [-0.1, -0.05) is 6.32 Å². The van der Waals surface area contributed by atoms with Gasteiger partial charge < -0.3 is 9.47 Å². The maximum atomic E-state index is 5.31. The van der Waals surface area contributed by atoms with E-state index in [9.17, 15) is 0 Å². The van der Waals surface area contributed by atoms with E-state index in [1.807, 2.05) is 24.3 Å². The largest absolute Gasteiger partial charge is 0.497 e. The van der Waals surface area contributed by atoms with Gasteiger partial charge in [0.1, 0.15) is 5.75 Å². The molecule has 0 heterocycles. The Morgan fingerprint density at radius 1 is 1.20 bits per heavy atom. The highest BCUT2D eigenvalue weighted by atomic mass is 32.2. The van der Waals surface area contributed by atoms with Gasteiger partial charge in [0.2, 0.25) is 0 Å². The lowest BCUT2D eigenvalue weighted by atomic mass is 10.1. The van der Waals surface area contributed by atoms with Crippen LogP contribution in [0.15, 0.2) is 29.2 Å². The molecule has 2 radical (unpaired) electrons. The highest BCUT2D eigenvalue weighted by molar-refractivity contribution is 7.99. The topological polar surface area (TPSA) is 18.5 Å². The summed E-state index contributed by atoms with van der Waals surface area (Å²) in [5.74, 6) is 1.84. The lowest BCUT2D eigenvalue weighted by molar-refractivity contribution is 0.165. The molecule has 80 valence electrons. The van der Waals surface area contributed by atoms with E-state index in [-0.39, 0.29) is 0 Å². The third-order valence-corrected chi connectivity index (χ3v) is 2.79. The van der Waals surface area contributed by atoms with E-state index in [0.717, 1.165) is 18.1 Å². The zero-order valence-electron chi connectivity index (χ0n) is 8.94. The van der Waals surface area contributed by atoms with Gasteiger partial charge in [-0.15, -0.1) is 11.8 Å². The van der Waals surface area contributed by atoms with Crippen LogP contribution in [0.1, 0.15) is 0 Å². The normalized spacial score (nSPS) is 10.2. The molecule has 1 rings (SSSR count). The lowest BCUT2D eigenvalue weighted by Gasteiger charge is -2.04. The molecule has 0 fully saturated rings. The van der Waals surface area contributed by atoms with Crippen molar-refractivity contribution in [1.29, 1.82) is 0 Å². The fourth-order valence-electron chi connectivity index (χ4n) is 1.08. The molecule has 0 saturated heterocycles. The zero-order valence-corrected chi connectivity index (χ0v) is 9.76. The Balaban J connectivity index is 2.20. The fraction of sp³-hybridized carbons (Fsp3) is 0.455. The van der Waals surface area contributed by atoms with Crippen molar-refractivity contribution in [3.05, 3.63) is 24.3 Å². The summed E-state index contributed by atoms with van der Waals surface area (Å²) in [6.45, 7) is 1.39. The van der Waals surface area contributed by atoms with Crippen LogP contribution in [0.4, 0.5) is 0 Å². The summed E-state index contributed by atoms with van der Waals surface area (Å²) in [5.41, 5.74) is 0. The fourth-order valence-corrected chi connectivity index (χ4v) is 1.84. The molecule has 0 unspecified atom stereocenters. The van der Waals surface area contributed by atoms with E-state index in [0.29, 0.717) is 12.9 Å². The van der Waals surface area contributed by atoms with E-state index in [2.05, 4.69) is 0 Å². The van der Waals surface area contributed by atoms with Gasteiger partial charge in [-0.25, -0.2) is 0 Å². The molecule has 4 heteroatoms. The Morgan fingerprint density at radius 2 is 1.93 bits per heavy atom. The molecule has 0 bridgehead atoms.